The van der Waals surface area contributed by atoms with Gasteiger partial charge < -0.3 is 26.3 Å². The number of nitrogens with two attached hydrogens (primary N) is 2. The van der Waals surface area contributed by atoms with E-state index in [1.807, 2.05) is 24.3 Å². The summed E-state index contributed by atoms with van der Waals surface area (Å²) in [6.07, 6.45) is -0.113. The average Bonchev–Trinajstić information content (AvgIpc) is 2.42. The van der Waals surface area contributed by atoms with Crippen molar-refractivity contribution in [2.45, 2.75) is 6.10 Å². The molecule has 1 unspecified atom stereocenters. The van der Waals surface area contributed by atoms with Crippen LogP contribution in [-0.4, -0.2) is 38.3 Å². The van der Waals surface area contributed by atoms with Gasteiger partial charge in [-0.1, -0.05) is 12.1 Å². The molecule has 0 radical (unpaired) electrons. The number of para-hydroxylation sites is 2. The maximum atomic E-state index is 5.75. The molecule has 0 spiro atoms. The summed E-state index contributed by atoms with van der Waals surface area (Å²) in [4.78, 5) is 4.18. The second kappa shape index (κ2) is 6.11. The predicted molar refractivity (Wildman–Crippen MR) is 69.9 cm³/mol. The summed E-state index contributed by atoms with van der Waals surface area (Å²) in [5.41, 5.74) is 11.0. The minimum atomic E-state index is -0.113. The fraction of sp³-hybridized carbons (Fsp3) is 0.417. The predicted octanol–water partition coefficient (Wildman–Crippen LogP) is -0.311. The van der Waals surface area contributed by atoms with E-state index in [1.165, 1.54) is 0 Å². The molecule has 0 aromatic heterocycles. The monoisotopic (exact) mass is 250 g/mol. The largest absolute Gasteiger partial charge is 0.486 e. The average molecular weight is 250 g/mol. The maximum absolute atomic E-state index is 5.75. The highest BCUT2D eigenvalue weighted by Gasteiger charge is 2.19. The molecule has 5 N–H and O–H groups in total. The highest BCUT2D eigenvalue weighted by Crippen LogP contribution is 2.30. The van der Waals surface area contributed by atoms with Crippen LogP contribution in [0.5, 0.6) is 11.5 Å². The lowest BCUT2D eigenvalue weighted by atomic mass is 10.2. The van der Waals surface area contributed by atoms with Crippen LogP contribution in [0.1, 0.15) is 0 Å². The van der Waals surface area contributed by atoms with E-state index in [0.29, 0.717) is 32.2 Å². The Balaban J connectivity index is 1.86. The molecule has 0 fully saturated rings. The summed E-state index contributed by atoms with van der Waals surface area (Å²) in [5.74, 6) is 1.90. The smallest absolute Gasteiger partial charge is 0.188 e. The Morgan fingerprint density at radius 2 is 2.17 bits per heavy atom. The van der Waals surface area contributed by atoms with Gasteiger partial charge in [0.2, 0.25) is 0 Å². The van der Waals surface area contributed by atoms with Crippen LogP contribution in [0.2, 0.25) is 0 Å². The number of benzene rings is 1. The van der Waals surface area contributed by atoms with Crippen molar-refractivity contribution >= 4 is 5.96 Å². The van der Waals surface area contributed by atoms with E-state index in [4.69, 9.17) is 20.9 Å². The Morgan fingerprint density at radius 3 is 2.94 bits per heavy atom. The molecule has 6 heteroatoms. The number of hydrogen-bond donors (Lipinski definition) is 3. The van der Waals surface area contributed by atoms with Gasteiger partial charge in [-0.3, -0.25) is 0 Å². The van der Waals surface area contributed by atoms with Crippen molar-refractivity contribution in [2.24, 2.45) is 16.5 Å². The SMILES string of the molecule is NCCNC(N)=NCC1COc2ccccc2O1. The van der Waals surface area contributed by atoms with E-state index in [-0.39, 0.29) is 6.10 Å². The quantitative estimate of drug-likeness (QED) is 0.503. The highest BCUT2D eigenvalue weighted by molar-refractivity contribution is 5.77. The van der Waals surface area contributed by atoms with E-state index in [2.05, 4.69) is 10.3 Å². The third-order valence-electron chi connectivity index (χ3n) is 2.48. The van der Waals surface area contributed by atoms with Gasteiger partial charge in [-0.15, -0.1) is 0 Å². The molecular weight excluding hydrogens is 232 g/mol. The number of nitrogens with zero attached hydrogens (tertiary/aromatic N) is 1. The van der Waals surface area contributed by atoms with Crippen molar-refractivity contribution in [3.8, 4) is 11.5 Å². The van der Waals surface area contributed by atoms with Crippen molar-refractivity contribution < 1.29 is 9.47 Å². The van der Waals surface area contributed by atoms with Crippen molar-refractivity contribution in [3.63, 3.8) is 0 Å². The molecule has 98 valence electrons. The van der Waals surface area contributed by atoms with Crippen LogP contribution in [0.3, 0.4) is 0 Å². The van der Waals surface area contributed by atoms with Gasteiger partial charge in [-0.2, -0.15) is 0 Å². The molecule has 6 nitrogen and oxygen atoms in total. The van der Waals surface area contributed by atoms with Gasteiger partial charge in [0.1, 0.15) is 6.61 Å². The number of hydrogen-bond acceptors (Lipinski definition) is 4. The van der Waals surface area contributed by atoms with Gasteiger partial charge in [0.25, 0.3) is 0 Å². The number of rotatable bonds is 4. The van der Waals surface area contributed by atoms with Crippen LogP contribution in [0.15, 0.2) is 29.3 Å². The highest BCUT2D eigenvalue weighted by atomic mass is 16.6. The first-order chi connectivity index (χ1) is 8.79. The molecule has 1 aliphatic heterocycles. The van der Waals surface area contributed by atoms with Crippen molar-refractivity contribution in [2.75, 3.05) is 26.2 Å². The number of fused-ring (bicyclic) bond motifs is 1. The zero-order valence-corrected chi connectivity index (χ0v) is 10.1. The Bertz CT molecular complexity index is 422. The van der Waals surface area contributed by atoms with Gasteiger partial charge in [0.05, 0.1) is 6.54 Å². The minimum Gasteiger partial charge on any atom is -0.486 e. The molecule has 0 aliphatic carbocycles. The van der Waals surface area contributed by atoms with Crippen molar-refractivity contribution in [1.82, 2.24) is 5.32 Å². The number of guanidine groups is 1. The summed E-state index contributed by atoms with van der Waals surface area (Å²) in [6.45, 7) is 2.06. The van der Waals surface area contributed by atoms with E-state index in [0.717, 1.165) is 11.5 Å². The zero-order valence-electron chi connectivity index (χ0n) is 10.1. The van der Waals surface area contributed by atoms with Crippen molar-refractivity contribution in [1.29, 1.82) is 0 Å². The van der Waals surface area contributed by atoms with Crippen LogP contribution in [0.4, 0.5) is 0 Å². The van der Waals surface area contributed by atoms with E-state index < -0.39 is 0 Å². The van der Waals surface area contributed by atoms with Crippen LogP contribution in [0, 0.1) is 0 Å². The van der Waals surface area contributed by atoms with E-state index >= 15 is 0 Å². The molecule has 1 atom stereocenters. The standard InChI is InChI=1S/C12H18N4O2/c13-5-6-15-12(14)16-7-9-8-17-10-3-1-2-4-11(10)18-9/h1-4,9H,5-8,13H2,(H3,14,15,16). The molecule has 0 amide bonds. The molecule has 1 aromatic rings. The third kappa shape index (κ3) is 3.27. The van der Waals surface area contributed by atoms with Crippen LogP contribution >= 0.6 is 0 Å². The van der Waals surface area contributed by atoms with Gasteiger partial charge in [-0.05, 0) is 12.1 Å². The molecular formula is C12H18N4O2. The Hall–Kier alpha value is -1.95. The molecule has 1 heterocycles. The van der Waals surface area contributed by atoms with Crippen molar-refractivity contribution in [3.05, 3.63) is 24.3 Å². The van der Waals surface area contributed by atoms with Crippen LogP contribution in [-0.2, 0) is 0 Å². The summed E-state index contributed by atoms with van der Waals surface area (Å²) in [7, 11) is 0. The molecule has 0 saturated heterocycles. The van der Waals surface area contributed by atoms with Gasteiger partial charge in [0, 0.05) is 13.1 Å². The fourth-order valence-corrected chi connectivity index (χ4v) is 1.61. The topological polar surface area (TPSA) is 94.9 Å². The van der Waals surface area contributed by atoms with E-state index in [9.17, 15) is 0 Å². The van der Waals surface area contributed by atoms with Crippen LogP contribution < -0.4 is 26.3 Å². The Labute approximate surface area is 106 Å². The summed E-state index contributed by atoms with van der Waals surface area (Å²) >= 11 is 0. The molecule has 1 aliphatic rings. The first kappa shape index (κ1) is 12.5. The summed E-state index contributed by atoms with van der Waals surface area (Å²) in [6, 6.07) is 7.58. The first-order valence-corrected chi connectivity index (χ1v) is 5.92. The number of ether oxygens (including phenoxy) is 2. The first-order valence-electron chi connectivity index (χ1n) is 5.92. The van der Waals surface area contributed by atoms with Gasteiger partial charge in [0.15, 0.2) is 23.6 Å². The molecule has 18 heavy (non-hydrogen) atoms. The number of nitrogens with one attached hydrogen (secondary N) is 1. The second-order valence-electron chi connectivity index (χ2n) is 3.94. The second-order valence-corrected chi connectivity index (χ2v) is 3.94. The minimum absolute atomic E-state index is 0.113. The molecule has 2 rings (SSSR count). The lowest BCUT2D eigenvalue weighted by molar-refractivity contribution is 0.0972. The summed E-state index contributed by atoms with van der Waals surface area (Å²) in [5, 5.41) is 2.90. The molecule has 0 saturated carbocycles. The third-order valence-corrected chi connectivity index (χ3v) is 2.48. The van der Waals surface area contributed by atoms with E-state index in [1.54, 1.807) is 0 Å². The number of aliphatic imine (C=N–C) groups is 1. The lowest BCUT2D eigenvalue weighted by Gasteiger charge is -2.25. The van der Waals surface area contributed by atoms with Gasteiger partial charge >= 0.3 is 0 Å². The lowest BCUT2D eigenvalue weighted by Crippen LogP contribution is -2.38. The Morgan fingerprint density at radius 1 is 1.39 bits per heavy atom. The molecule has 0 bridgehead atoms. The normalized spacial score (nSPS) is 18.5. The zero-order chi connectivity index (χ0) is 12.8. The van der Waals surface area contributed by atoms with Gasteiger partial charge in [-0.25, -0.2) is 4.99 Å². The molecule has 1 aromatic carbocycles. The maximum Gasteiger partial charge on any atom is 0.188 e. The fourth-order valence-electron chi connectivity index (χ4n) is 1.61. The Kier molecular flexibility index (Phi) is 4.25. The summed E-state index contributed by atoms with van der Waals surface area (Å²) < 4.78 is 11.3. The van der Waals surface area contributed by atoms with Crippen LogP contribution in [0.25, 0.3) is 0 Å².